The van der Waals surface area contributed by atoms with E-state index in [4.69, 9.17) is 10.5 Å². The Balaban J connectivity index is 2.27. The van der Waals surface area contributed by atoms with Crippen LogP contribution in [0, 0.1) is 5.92 Å². The van der Waals surface area contributed by atoms with Gasteiger partial charge in [0.05, 0.1) is 0 Å². The minimum absolute atomic E-state index is 0.217. The Morgan fingerprint density at radius 1 is 1.03 bits per heavy atom. The first-order chi connectivity index (χ1) is 16.7. The van der Waals surface area contributed by atoms with Gasteiger partial charge in [0.1, 0.15) is 5.60 Å². The fraction of sp³-hybridized carbons (Fsp3) is 0.967. The molecule has 2 fully saturated rings. The summed E-state index contributed by atoms with van der Waals surface area (Å²) in [5.41, 5.74) is 1.01. The zero-order valence-corrected chi connectivity index (χ0v) is 25.9. The highest BCUT2D eigenvalue weighted by Crippen LogP contribution is 2.49. The van der Waals surface area contributed by atoms with Crippen LogP contribution in [0.4, 0.5) is 4.79 Å². The number of carbonyl (C=O) groups excluding carboxylic acids is 1. The van der Waals surface area contributed by atoms with Gasteiger partial charge < -0.3 is 14.1 Å². The standard InChI is InChI=1S/C30H59NO3Si/c1-11-12-17-27(34-35(23(2)3,24(4)5)25(6)7)19-18-26-16-13-14-20-30(26)21-15-22-31(30)28(32)33-29(8,9)10/h23-27H,11-22H2,1-10H3/t26-,27-,30-/m0/s1/i22D/t22?,26-,27-,30-. The van der Waals surface area contributed by atoms with Crippen molar-refractivity contribution in [3.05, 3.63) is 0 Å². The fourth-order valence-corrected chi connectivity index (χ4v) is 13.1. The van der Waals surface area contributed by atoms with Gasteiger partial charge in [0.25, 0.3) is 0 Å². The second kappa shape index (κ2) is 12.8. The molecule has 1 heterocycles. The van der Waals surface area contributed by atoms with E-state index in [0.717, 1.165) is 51.4 Å². The maximum Gasteiger partial charge on any atom is 0.410 e. The monoisotopic (exact) mass is 510 g/mol. The predicted octanol–water partition coefficient (Wildman–Crippen LogP) is 9.48. The lowest BCUT2D eigenvalue weighted by Crippen LogP contribution is -2.55. The SMILES string of the molecule is [2H]C1CC[C@]2(CCCC[C@H]2CC[C@H](CCCC)O[Si](C(C)C)(C(C)C)C(C)C)N1C(=O)OC(C)(C)C. The Labute approximate surface area is 220 Å². The summed E-state index contributed by atoms with van der Waals surface area (Å²) in [5.74, 6) is 0.426. The van der Waals surface area contributed by atoms with Crippen LogP contribution in [0.2, 0.25) is 16.6 Å². The number of ether oxygens (including phenoxy) is 1. The van der Waals surface area contributed by atoms with Crippen molar-refractivity contribution in [3.8, 4) is 0 Å². The van der Waals surface area contributed by atoms with Crippen molar-refractivity contribution >= 4 is 14.4 Å². The van der Waals surface area contributed by atoms with Gasteiger partial charge in [0, 0.05) is 19.5 Å². The average Bonchev–Trinajstić information content (AvgIpc) is 3.08. The molecule has 1 aliphatic carbocycles. The number of nitrogens with zero attached hydrogens (tertiary/aromatic N) is 1. The molecule has 1 saturated heterocycles. The predicted molar refractivity (Wildman–Crippen MR) is 152 cm³/mol. The van der Waals surface area contributed by atoms with Crippen LogP contribution < -0.4 is 0 Å². The molecule has 0 aromatic heterocycles. The van der Waals surface area contributed by atoms with Crippen molar-refractivity contribution in [1.82, 2.24) is 4.90 Å². The molecule has 0 N–H and O–H groups in total. The summed E-state index contributed by atoms with van der Waals surface area (Å²) in [7, 11) is -1.95. The van der Waals surface area contributed by atoms with Gasteiger partial charge in [0.2, 0.25) is 8.32 Å². The summed E-state index contributed by atoms with van der Waals surface area (Å²) < 4.78 is 21.9. The van der Waals surface area contributed by atoms with Crippen molar-refractivity contribution in [2.75, 3.05) is 6.52 Å². The Bertz CT molecular complexity index is 666. The van der Waals surface area contributed by atoms with Crippen LogP contribution in [0.15, 0.2) is 0 Å². The first-order valence-electron chi connectivity index (χ1n) is 15.4. The lowest BCUT2D eigenvalue weighted by molar-refractivity contribution is -0.0197. The largest absolute Gasteiger partial charge is 0.444 e. The van der Waals surface area contributed by atoms with Crippen LogP contribution in [0.1, 0.15) is 141 Å². The molecule has 1 unspecified atom stereocenters. The molecule has 1 saturated carbocycles. The number of rotatable bonds is 11. The van der Waals surface area contributed by atoms with E-state index in [1.165, 1.54) is 19.3 Å². The third kappa shape index (κ3) is 7.27. The van der Waals surface area contributed by atoms with E-state index in [1.54, 1.807) is 0 Å². The quantitative estimate of drug-likeness (QED) is 0.260. The molecule has 1 amide bonds. The third-order valence-electron chi connectivity index (χ3n) is 8.93. The summed E-state index contributed by atoms with van der Waals surface area (Å²) in [5, 5.41) is 0. The Kier molecular flexibility index (Phi) is 10.6. The van der Waals surface area contributed by atoms with Crippen LogP contribution in [-0.4, -0.2) is 43.1 Å². The molecule has 0 aromatic carbocycles. The van der Waals surface area contributed by atoms with Crippen LogP contribution in [-0.2, 0) is 9.16 Å². The van der Waals surface area contributed by atoms with Crippen LogP contribution in [0.25, 0.3) is 0 Å². The summed E-state index contributed by atoms with van der Waals surface area (Å²) in [6, 6.07) is 0. The third-order valence-corrected chi connectivity index (χ3v) is 15.1. The van der Waals surface area contributed by atoms with E-state index in [9.17, 15) is 4.79 Å². The first-order valence-corrected chi connectivity index (χ1v) is 17.0. The molecule has 1 aliphatic heterocycles. The van der Waals surface area contributed by atoms with E-state index in [2.05, 4.69) is 48.5 Å². The number of hydrogen-bond donors (Lipinski definition) is 0. The van der Waals surface area contributed by atoms with E-state index < -0.39 is 20.4 Å². The molecule has 35 heavy (non-hydrogen) atoms. The molecular formula is C30H59NO3Si. The summed E-state index contributed by atoms with van der Waals surface area (Å²) in [6.45, 7) is 21.8. The van der Waals surface area contributed by atoms with Gasteiger partial charge in [0.15, 0.2) is 0 Å². The lowest BCUT2D eigenvalue weighted by Gasteiger charge is -2.48. The fourth-order valence-electron chi connectivity index (χ4n) is 7.45. The van der Waals surface area contributed by atoms with Crippen LogP contribution in [0.3, 0.4) is 0 Å². The normalized spacial score (nSPS) is 27.2. The molecule has 4 atom stereocenters. The van der Waals surface area contributed by atoms with Crippen molar-refractivity contribution in [2.45, 2.75) is 174 Å². The second-order valence-corrected chi connectivity index (χ2v) is 18.8. The average molecular weight is 511 g/mol. The zero-order valence-electron chi connectivity index (χ0n) is 25.9. The van der Waals surface area contributed by atoms with E-state index in [1.807, 2.05) is 25.7 Å². The van der Waals surface area contributed by atoms with Crippen LogP contribution >= 0.6 is 0 Å². The molecule has 0 radical (unpaired) electrons. The summed E-state index contributed by atoms with van der Waals surface area (Å²) in [6.07, 6.45) is 11.9. The molecular weight excluding hydrogens is 450 g/mol. The van der Waals surface area contributed by atoms with E-state index >= 15 is 0 Å². The highest BCUT2D eigenvalue weighted by atomic mass is 28.4. The molecule has 4 nitrogen and oxygen atoms in total. The van der Waals surface area contributed by atoms with Crippen molar-refractivity contribution in [1.29, 1.82) is 0 Å². The molecule has 1 spiro atoms. The number of hydrogen-bond acceptors (Lipinski definition) is 3. The van der Waals surface area contributed by atoms with Crippen molar-refractivity contribution in [3.63, 3.8) is 0 Å². The number of likely N-dealkylation sites (tertiary alicyclic amines) is 1. The van der Waals surface area contributed by atoms with Gasteiger partial charge >= 0.3 is 6.09 Å². The van der Waals surface area contributed by atoms with E-state index in [0.29, 0.717) is 28.6 Å². The molecule has 0 bridgehead atoms. The van der Waals surface area contributed by atoms with Gasteiger partial charge in [-0.05, 0) is 88.3 Å². The van der Waals surface area contributed by atoms with Crippen molar-refractivity contribution in [2.24, 2.45) is 5.92 Å². The van der Waals surface area contributed by atoms with Gasteiger partial charge in [-0.3, -0.25) is 0 Å². The molecule has 206 valence electrons. The highest BCUT2D eigenvalue weighted by Gasteiger charge is 2.51. The van der Waals surface area contributed by atoms with Crippen LogP contribution in [0.5, 0.6) is 0 Å². The highest BCUT2D eigenvalue weighted by molar-refractivity contribution is 6.77. The molecule has 0 aromatic rings. The first kappa shape index (κ1) is 29.0. The minimum Gasteiger partial charge on any atom is -0.444 e. The summed E-state index contributed by atoms with van der Waals surface area (Å²) in [4.78, 5) is 15.2. The Hall–Kier alpha value is -0.553. The smallest absolute Gasteiger partial charge is 0.410 e. The molecule has 2 rings (SSSR count). The van der Waals surface area contributed by atoms with Gasteiger partial charge in [-0.1, -0.05) is 74.1 Å². The molecule has 2 aliphatic rings. The molecule has 5 heteroatoms. The zero-order chi connectivity index (χ0) is 27.3. The Morgan fingerprint density at radius 3 is 2.17 bits per heavy atom. The second-order valence-electron chi connectivity index (χ2n) is 13.4. The number of amides is 1. The minimum atomic E-state index is -1.95. The van der Waals surface area contributed by atoms with Crippen molar-refractivity contribution < 1.29 is 15.3 Å². The summed E-state index contributed by atoms with van der Waals surface area (Å²) >= 11 is 0. The van der Waals surface area contributed by atoms with Gasteiger partial charge in [-0.2, -0.15) is 0 Å². The van der Waals surface area contributed by atoms with Gasteiger partial charge in [-0.15, -0.1) is 0 Å². The number of carbonyl (C=O) groups is 1. The maximum absolute atomic E-state index is 13.3. The number of unbranched alkanes of at least 4 members (excludes halogenated alkanes) is 1. The Morgan fingerprint density at radius 2 is 1.63 bits per heavy atom. The lowest BCUT2D eigenvalue weighted by atomic mass is 9.69. The topological polar surface area (TPSA) is 38.8 Å². The maximum atomic E-state index is 13.3. The van der Waals surface area contributed by atoms with Gasteiger partial charge in [-0.25, -0.2) is 4.79 Å². The van der Waals surface area contributed by atoms with E-state index in [-0.39, 0.29) is 11.6 Å².